The van der Waals surface area contributed by atoms with Crippen molar-refractivity contribution >= 4 is 46.6 Å². The van der Waals surface area contributed by atoms with E-state index in [9.17, 15) is 9.59 Å². The number of amides is 2. The van der Waals surface area contributed by atoms with Crippen LogP contribution in [0.5, 0.6) is 11.5 Å². The number of para-hydroxylation sites is 1. The molecular formula is C25H27N3O4S. The molecule has 1 N–H and O–H groups in total. The van der Waals surface area contributed by atoms with Gasteiger partial charge in [-0.25, -0.2) is 0 Å². The lowest BCUT2D eigenvalue weighted by Crippen LogP contribution is -2.54. The Bertz CT molecular complexity index is 1140. The molecule has 0 bridgehead atoms. The van der Waals surface area contributed by atoms with Gasteiger partial charge >= 0.3 is 0 Å². The quantitative estimate of drug-likeness (QED) is 0.399. The van der Waals surface area contributed by atoms with Gasteiger partial charge in [0.15, 0.2) is 5.11 Å². The molecule has 2 aliphatic heterocycles. The number of anilines is 2. The molecule has 7 nitrogen and oxygen atoms in total. The highest BCUT2D eigenvalue weighted by Gasteiger charge is 2.35. The maximum Gasteiger partial charge on any atom is 0.270 e. The zero-order valence-corrected chi connectivity index (χ0v) is 19.8. The van der Waals surface area contributed by atoms with Gasteiger partial charge in [-0.3, -0.25) is 19.8 Å². The summed E-state index contributed by atoms with van der Waals surface area (Å²) in [4.78, 5) is 29.9. The van der Waals surface area contributed by atoms with Crippen molar-refractivity contribution < 1.29 is 19.1 Å². The Morgan fingerprint density at radius 3 is 2.39 bits per heavy atom. The molecule has 2 aliphatic rings. The van der Waals surface area contributed by atoms with E-state index in [1.807, 2.05) is 37.3 Å². The number of hydrogen-bond acceptors (Lipinski definition) is 6. The van der Waals surface area contributed by atoms with E-state index < -0.39 is 11.8 Å². The minimum atomic E-state index is -0.542. The Labute approximate surface area is 199 Å². The van der Waals surface area contributed by atoms with Crippen molar-refractivity contribution in [3.05, 3.63) is 53.1 Å². The minimum absolute atomic E-state index is 0.0243. The fraction of sp³-hybridized carbons (Fsp3) is 0.320. The van der Waals surface area contributed by atoms with Gasteiger partial charge in [-0.05, 0) is 55.3 Å². The van der Waals surface area contributed by atoms with Gasteiger partial charge in [0.25, 0.3) is 11.8 Å². The lowest BCUT2D eigenvalue weighted by molar-refractivity contribution is -0.122. The third-order valence-corrected chi connectivity index (χ3v) is 6.28. The molecule has 2 heterocycles. The Morgan fingerprint density at radius 1 is 1.03 bits per heavy atom. The highest BCUT2D eigenvalue weighted by atomic mass is 32.1. The molecule has 0 aliphatic carbocycles. The van der Waals surface area contributed by atoms with E-state index in [1.54, 1.807) is 20.3 Å². The molecule has 2 aromatic carbocycles. The van der Waals surface area contributed by atoms with Gasteiger partial charge in [0.05, 0.1) is 25.6 Å². The van der Waals surface area contributed by atoms with Gasteiger partial charge in [0.2, 0.25) is 0 Å². The molecule has 0 spiro atoms. The lowest BCUT2D eigenvalue weighted by Gasteiger charge is -2.30. The SMILES string of the molecule is CCc1ccccc1N1C(=O)/C(=C/c2cc(OC)c(N3CCCC3)cc2OC)C(=O)NC1=S. The van der Waals surface area contributed by atoms with Crippen molar-refractivity contribution in [2.24, 2.45) is 0 Å². The van der Waals surface area contributed by atoms with Crippen LogP contribution in [0.2, 0.25) is 0 Å². The van der Waals surface area contributed by atoms with Crippen LogP contribution in [0.4, 0.5) is 11.4 Å². The van der Waals surface area contributed by atoms with E-state index in [4.69, 9.17) is 21.7 Å². The van der Waals surface area contributed by atoms with Crippen LogP contribution in [0, 0.1) is 0 Å². The zero-order chi connectivity index (χ0) is 23.5. The largest absolute Gasteiger partial charge is 0.496 e. The normalized spacial score (nSPS) is 17.5. The summed E-state index contributed by atoms with van der Waals surface area (Å²) in [5, 5.41) is 2.72. The third-order valence-electron chi connectivity index (χ3n) is 5.99. The molecule has 0 atom stereocenters. The number of benzene rings is 2. The molecule has 0 radical (unpaired) electrons. The van der Waals surface area contributed by atoms with E-state index in [1.165, 1.54) is 11.0 Å². The predicted molar refractivity (Wildman–Crippen MR) is 133 cm³/mol. The molecule has 2 aromatic rings. The van der Waals surface area contributed by atoms with Crippen molar-refractivity contribution in [1.29, 1.82) is 0 Å². The summed E-state index contributed by atoms with van der Waals surface area (Å²) in [7, 11) is 3.18. The summed E-state index contributed by atoms with van der Waals surface area (Å²) < 4.78 is 11.3. The van der Waals surface area contributed by atoms with Crippen LogP contribution in [0.15, 0.2) is 42.0 Å². The van der Waals surface area contributed by atoms with E-state index in [0.717, 1.165) is 43.6 Å². The van der Waals surface area contributed by atoms with Gasteiger partial charge in [-0.15, -0.1) is 0 Å². The number of carbonyl (C=O) groups is 2. The monoisotopic (exact) mass is 465 g/mol. The van der Waals surface area contributed by atoms with Gasteiger partial charge in [0, 0.05) is 24.7 Å². The summed E-state index contributed by atoms with van der Waals surface area (Å²) in [5.74, 6) is 0.200. The second-order valence-corrected chi connectivity index (χ2v) is 8.29. The van der Waals surface area contributed by atoms with E-state index in [0.29, 0.717) is 22.7 Å². The van der Waals surface area contributed by atoms with Gasteiger partial charge < -0.3 is 14.4 Å². The Hall–Kier alpha value is -3.39. The van der Waals surface area contributed by atoms with Crippen LogP contribution in [0.1, 0.15) is 30.9 Å². The molecule has 4 rings (SSSR count). The third kappa shape index (κ3) is 4.30. The first kappa shape index (κ1) is 22.8. The standard InChI is InChI=1S/C25H27N3O4S/c1-4-16-9-5-6-10-19(16)28-24(30)18(23(29)26-25(28)33)13-17-14-22(32-3)20(15-21(17)31-2)27-11-7-8-12-27/h5-6,9-10,13-15H,4,7-8,11-12H2,1-3H3,(H,26,29,33)/b18-13+. The molecule has 0 unspecified atom stereocenters. The number of thiocarbonyl (C=S) groups is 1. The summed E-state index contributed by atoms with van der Waals surface area (Å²) in [6, 6.07) is 11.2. The van der Waals surface area contributed by atoms with Gasteiger partial charge in [-0.1, -0.05) is 25.1 Å². The number of nitrogens with zero attached hydrogens (tertiary/aromatic N) is 2. The number of carbonyl (C=O) groups excluding carboxylic acids is 2. The van der Waals surface area contributed by atoms with E-state index in [-0.39, 0.29) is 10.7 Å². The van der Waals surface area contributed by atoms with Gasteiger partial charge in [-0.2, -0.15) is 0 Å². The molecular weight excluding hydrogens is 438 g/mol. The van der Waals surface area contributed by atoms with Crippen LogP contribution in [0.3, 0.4) is 0 Å². The molecule has 2 fully saturated rings. The van der Waals surface area contributed by atoms with Crippen LogP contribution in [-0.4, -0.2) is 44.2 Å². The second-order valence-electron chi connectivity index (χ2n) is 7.90. The number of hydrogen-bond donors (Lipinski definition) is 1. The maximum absolute atomic E-state index is 13.5. The smallest absolute Gasteiger partial charge is 0.270 e. The number of aryl methyl sites for hydroxylation is 1. The molecule has 8 heteroatoms. The summed E-state index contributed by atoms with van der Waals surface area (Å²) in [5.41, 5.74) is 3.11. The summed E-state index contributed by atoms with van der Waals surface area (Å²) >= 11 is 5.35. The van der Waals surface area contributed by atoms with Crippen molar-refractivity contribution in [3.8, 4) is 11.5 Å². The van der Waals surface area contributed by atoms with Gasteiger partial charge in [0.1, 0.15) is 17.1 Å². The minimum Gasteiger partial charge on any atom is -0.496 e. The Balaban J connectivity index is 1.78. The maximum atomic E-state index is 13.5. The first-order valence-electron chi connectivity index (χ1n) is 11.0. The number of nitrogens with one attached hydrogen (secondary N) is 1. The van der Waals surface area contributed by atoms with Crippen molar-refractivity contribution in [3.63, 3.8) is 0 Å². The molecule has 172 valence electrons. The molecule has 33 heavy (non-hydrogen) atoms. The predicted octanol–water partition coefficient (Wildman–Crippen LogP) is 3.70. The highest BCUT2D eigenvalue weighted by Crippen LogP contribution is 2.38. The Morgan fingerprint density at radius 2 is 1.73 bits per heavy atom. The molecule has 2 saturated heterocycles. The lowest BCUT2D eigenvalue weighted by atomic mass is 10.0. The second kappa shape index (κ2) is 9.62. The number of methoxy groups -OCH3 is 2. The highest BCUT2D eigenvalue weighted by molar-refractivity contribution is 7.80. The Kier molecular flexibility index (Phi) is 6.65. The number of ether oxygens (including phenoxy) is 2. The van der Waals surface area contributed by atoms with Crippen LogP contribution >= 0.6 is 12.2 Å². The summed E-state index contributed by atoms with van der Waals surface area (Å²) in [6.07, 6.45) is 4.51. The zero-order valence-electron chi connectivity index (χ0n) is 19.0. The molecule has 0 saturated carbocycles. The average molecular weight is 466 g/mol. The molecule has 0 aromatic heterocycles. The first-order chi connectivity index (χ1) is 16.0. The number of rotatable bonds is 6. The average Bonchev–Trinajstić information content (AvgIpc) is 3.36. The van der Waals surface area contributed by atoms with Crippen molar-refractivity contribution in [2.75, 3.05) is 37.1 Å². The fourth-order valence-electron chi connectivity index (χ4n) is 4.28. The fourth-order valence-corrected chi connectivity index (χ4v) is 4.56. The topological polar surface area (TPSA) is 71.1 Å². The van der Waals surface area contributed by atoms with Crippen LogP contribution < -0.4 is 24.6 Å². The van der Waals surface area contributed by atoms with Crippen LogP contribution in [0.25, 0.3) is 6.08 Å². The van der Waals surface area contributed by atoms with E-state index >= 15 is 0 Å². The van der Waals surface area contributed by atoms with E-state index in [2.05, 4.69) is 10.2 Å². The van der Waals surface area contributed by atoms with Crippen LogP contribution in [-0.2, 0) is 16.0 Å². The summed E-state index contributed by atoms with van der Waals surface area (Å²) in [6.45, 7) is 3.90. The van der Waals surface area contributed by atoms with Crippen molar-refractivity contribution in [1.82, 2.24) is 5.32 Å². The van der Waals surface area contributed by atoms with Crippen molar-refractivity contribution in [2.45, 2.75) is 26.2 Å². The first-order valence-corrected chi connectivity index (χ1v) is 11.4. The molecule has 2 amide bonds.